The van der Waals surface area contributed by atoms with Crippen molar-refractivity contribution in [3.8, 4) is 0 Å². The van der Waals surface area contributed by atoms with E-state index in [0.717, 1.165) is 7.11 Å². The van der Waals surface area contributed by atoms with Crippen molar-refractivity contribution >= 4 is 29.5 Å². The van der Waals surface area contributed by atoms with Gasteiger partial charge in [-0.1, -0.05) is 39.8 Å². The lowest BCUT2D eigenvalue weighted by atomic mass is 9.35. The van der Waals surface area contributed by atoms with E-state index in [0.29, 0.717) is 12.0 Å². The minimum absolute atomic E-state index is 0.0414. The van der Waals surface area contributed by atoms with Gasteiger partial charge in [-0.05, 0) is 44.9 Å². The average molecular weight is 521 g/mol. The maximum Gasteiger partial charge on any atom is 0.346 e. The zero-order chi connectivity index (χ0) is 28.3. The Hall–Kier alpha value is -2.55. The Kier molecular flexibility index (Phi) is 7.31. The Morgan fingerprint density at radius 3 is 2.27 bits per heavy atom. The Balaban J connectivity index is 2.26. The van der Waals surface area contributed by atoms with Crippen LogP contribution in [0.2, 0.25) is 0 Å². The lowest BCUT2D eigenvalue weighted by Crippen LogP contribution is -2.72. The van der Waals surface area contributed by atoms with E-state index in [9.17, 15) is 29.1 Å². The number of esters is 3. The Labute approximate surface area is 218 Å². The van der Waals surface area contributed by atoms with Crippen molar-refractivity contribution in [2.75, 3.05) is 13.7 Å². The highest BCUT2D eigenvalue weighted by Crippen LogP contribution is 2.70. The predicted molar refractivity (Wildman–Crippen MR) is 132 cm³/mol. The van der Waals surface area contributed by atoms with E-state index in [1.807, 2.05) is 6.92 Å². The summed E-state index contributed by atoms with van der Waals surface area (Å²) in [6, 6.07) is 0. The van der Waals surface area contributed by atoms with Gasteiger partial charge in [-0.15, -0.1) is 0 Å². The lowest BCUT2D eigenvalue weighted by molar-refractivity contribution is -0.226. The molecule has 3 saturated carbocycles. The number of hydrogen-bond acceptors (Lipinski definition) is 9. The largest absolute Gasteiger partial charge is 0.466 e. The number of ketones is 2. The zero-order valence-corrected chi connectivity index (χ0v) is 23.1. The van der Waals surface area contributed by atoms with Gasteiger partial charge in [0.2, 0.25) is 0 Å². The molecule has 9 heteroatoms. The Morgan fingerprint density at radius 2 is 1.73 bits per heavy atom. The molecule has 0 saturated heterocycles. The second-order valence-corrected chi connectivity index (χ2v) is 12.1. The molecule has 0 aromatic rings. The first-order valence-electron chi connectivity index (χ1n) is 12.9. The zero-order valence-electron chi connectivity index (χ0n) is 23.1. The number of carbonyl (C=O) groups excluding carboxylic acids is 5. The lowest BCUT2D eigenvalue weighted by Gasteiger charge is -2.67. The van der Waals surface area contributed by atoms with Gasteiger partial charge in [0, 0.05) is 23.2 Å². The topological polar surface area (TPSA) is 133 Å². The molecule has 0 spiro atoms. The third-order valence-electron chi connectivity index (χ3n) is 9.83. The first-order chi connectivity index (χ1) is 17.0. The molecular formula is C28H40O9. The highest BCUT2D eigenvalue weighted by atomic mass is 16.6. The van der Waals surface area contributed by atoms with Crippen LogP contribution in [0.4, 0.5) is 0 Å². The van der Waals surface area contributed by atoms with Gasteiger partial charge >= 0.3 is 17.9 Å². The molecule has 8 atom stereocenters. The molecule has 1 N–H and O–H groups in total. The molecule has 3 aliphatic rings. The van der Waals surface area contributed by atoms with Crippen molar-refractivity contribution in [1.29, 1.82) is 0 Å². The maximum atomic E-state index is 14.0. The fourth-order valence-electron chi connectivity index (χ4n) is 7.84. The van der Waals surface area contributed by atoms with Crippen LogP contribution in [0, 0.1) is 39.4 Å². The van der Waals surface area contributed by atoms with Crippen molar-refractivity contribution in [3.05, 3.63) is 12.2 Å². The second kappa shape index (κ2) is 9.33. The summed E-state index contributed by atoms with van der Waals surface area (Å²) >= 11 is 0. The van der Waals surface area contributed by atoms with E-state index in [2.05, 4.69) is 11.3 Å². The monoisotopic (exact) mass is 520 g/mol. The van der Waals surface area contributed by atoms with Crippen LogP contribution in [-0.2, 0) is 38.2 Å². The first-order valence-corrected chi connectivity index (χ1v) is 12.9. The average Bonchev–Trinajstić information content (AvgIpc) is 2.81. The van der Waals surface area contributed by atoms with Gasteiger partial charge in [0.1, 0.15) is 11.9 Å². The van der Waals surface area contributed by atoms with Crippen LogP contribution in [0.1, 0.15) is 67.7 Å². The van der Waals surface area contributed by atoms with Gasteiger partial charge in [0.05, 0.1) is 25.0 Å². The summed E-state index contributed by atoms with van der Waals surface area (Å²) in [6.07, 6.45) is -2.07. The number of Topliss-reactive ketones (excluding diaryl/α,β-unsaturated/α-hetero) is 2. The van der Waals surface area contributed by atoms with E-state index in [1.54, 1.807) is 27.7 Å². The van der Waals surface area contributed by atoms with Crippen molar-refractivity contribution in [1.82, 2.24) is 0 Å². The minimum atomic E-state index is -1.67. The van der Waals surface area contributed by atoms with Crippen molar-refractivity contribution in [2.24, 2.45) is 39.4 Å². The second-order valence-electron chi connectivity index (χ2n) is 12.1. The SMILES string of the molecule is C=C1C[C@H]2[C@]3(C)CCC(=O)C(C)(C)[C@H]3C(=O)[C@@H](O)[C@]2(C)[C@@H](C(=O)OC(C)C(=O)OC)[C@]1(C)C(=O)OCC. The van der Waals surface area contributed by atoms with Crippen molar-refractivity contribution < 1.29 is 43.3 Å². The van der Waals surface area contributed by atoms with E-state index < -0.39 is 75.3 Å². The van der Waals surface area contributed by atoms with Crippen LogP contribution >= 0.6 is 0 Å². The molecule has 0 radical (unpaired) electrons. The van der Waals surface area contributed by atoms with Crippen LogP contribution in [0.5, 0.6) is 0 Å². The van der Waals surface area contributed by atoms with Gasteiger partial charge in [-0.3, -0.25) is 19.2 Å². The summed E-state index contributed by atoms with van der Waals surface area (Å²) in [4.78, 5) is 66.2. The molecule has 0 aliphatic heterocycles. The number of rotatable bonds is 5. The van der Waals surface area contributed by atoms with Gasteiger partial charge in [0.15, 0.2) is 11.9 Å². The molecule has 0 aromatic carbocycles. The summed E-state index contributed by atoms with van der Waals surface area (Å²) in [7, 11) is 1.16. The number of fused-ring (bicyclic) bond motifs is 3. The molecule has 9 nitrogen and oxygen atoms in total. The summed E-state index contributed by atoms with van der Waals surface area (Å²) in [5.41, 5.74) is -4.48. The van der Waals surface area contributed by atoms with Crippen LogP contribution < -0.4 is 0 Å². The highest BCUT2D eigenvalue weighted by molar-refractivity contribution is 5.98. The van der Waals surface area contributed by atoms with Crippen LogP contribution in [0.15, 0.2) is 12.2 Å². The number of ether oxygens (including phenoxy) is 3. The van der Waals surface area contributed by atoms with Crippen LogP contribution in [0.3, 0.4) is 0 Å². The third kappa shape index (κ3) is 3.87. The number of aliphatic hydroxyl groups is 1. The van der Waals surface area contributed by atoms with E-state index in [4.69, 9.17) is 9.47 Å². The maximum absolute atomic E-state index is 14.0. The van der Waals surface area contributed by atoms with Crippen LogP contribution in [0.25, 0.3) is 0 Å². The van der Waals surface area contributed by atoms with Gasteiger partial charge in [0.25, 0.3) is 0 Å². The van der Waals surface area contributed by atoms with E-state index in [-0.39, 0.29) is 25.2 Å². The summed E-state index contributed by atoms with van der Waals surface area (Å²) in [6.45, 7) is 15.7. The molecule has 0 heterocycles. The van der Waals surface area contributed by atoms with E-state index >= 15 is 0 Å². The number of aliphatic hydroxyl groups excluding tert-OH is 1. The predicted octanol–water partition coefficient (Wildman–Crippen LogP) is 2.81. The molecule has 0 aromatic heterocycles. The number of carbonyl (C=O) groups is 5. The summed E-state index contributed by atoms with van der Waals surface area (Å²) < 4.78 is 15.6. The number of methoxy groups -OCH3 is 1. The molecule has 3 rings (SSSR count). The van der Waals surface area contributed by atoms with Gasteiger partial charge in [-0.2, -0.15) is 0 Å². The van der Waals surface area contributed by atoms with Crippen molar-refractivity contribution in [2.45, 2.75) is 79.9 Å². The molecule has 37 heavy (non-hydrogen) atoms. The molecule has 1 unspecified atom stereocenters. The highest BCUT2D eigenvalue weighted by Gasteiger charge is 2.75. The smallest absolute Gasteiger partial charge is 0.346 e. The Morgan fingerprint density at radius 1 is 1.14 bits per heavy atom. The van der Waals surface area contributed by atoms with Crippen molar-refractivity contribution in [3.63, 3.8) is 0 Å². The minimum Gasteiger partial charge on any atom is -0.466 e. The molecular weight excluding hydrogens is 480 g/mol. The first kappa shape index (κ1) is 29.0. The third-order valence-corrected chi connectivity index (χ3v) is 9.83. The molecule has 206 valence electrons. The van der Waals surface area contributed by atoms with E-state index in [1.165, 1.54) is 13.8 Å². The summed E-state index contributed by atoms with van der Waals surface area (Å²) in [5.74, 6) is -5.69. The molecule has 0 bridgehead atoms. The van der Waals surface area contributed by atoms with Crippen LogP contribution in [-0.4, -0.2) is 60.5 Å². The summed E-state index contributed by atoms with van der Waals surface area (Å²) in [5, 5.41) is 11.7. The fourth-order valence-corrected chi connectivity index (χ4v) is 7.84. The molecule has 3 fully saturated rings. The molecule has 0 amide bonds. The quantitative estimate of drug-likeness (QED) is 0.330. The standard InChI is InChI=1S/C28H40O9/c1-10-36-24(34)27(7)14(2)13-16-26(6)12-11-17(29)25(4,5)19(26)18(30)21(31)28(16,8)20(27)23(33)37-15(3)22(32)35-9/h15-16,19-21,31H,2,10-13H2,1,3-9H3/t15?,16-,19+,20-,21+,26-,27+,28-/m0/s1. The Bertz CT molecular complexity index is 1040. The molecule has 3 aliphatic carbocycles. The van der Waals surface area contributed by atoms with Gasteiger partial charge in [-0.25, -0.2) is 4.79 Å². The number of hydrogen-bond donors (Lipinski definition) is 1. The van der Waals surface area contributed by atoms with Gasteiger partial charge < -0.3 is 19.3 Å². The fraction of sp³-hybridized carbons (Fsp3) is 0.750. The normalized spacial score (nSPS) is 39.6.